The fourth-order valence-corrected chi connectivity index (χ4v) is 5.19. The molecule has 4 rings (SSSR count). The summed E-state index contributed by atoms with van der Waals surface area (Å²) in [5.74, 6) is -2.94. The van der Waals surface area contributed by atoms with Gasteiger partial charge in [-0.3, -0.25) is 9.69 Å². The summed E-state index contributed by atoms with van der Waals surface area (Å²) in [6.45, 7) is 1.91. The van der Waals surface area contributed by atoms with E-state index in [0.717, 1.165) is 22.2 Å². The second-order valence-electron chi connectivity index (χ2n) is 7.38. The number of carbonyl (C=O) groups is 3. The largest absolute Gasteiger partial charge is 0.477 e. The zero-order chi connectivity index (χ0) is 22.1. The Kier molecular flexibility index (Phi) is 5.79. The number of esters is 1. The van der Waals surface area contributed by atoms with E-state index in [-0.39, 0.29) is 12.3 Å². The predicted octanol–water partition coefficient (Wildman–Crippen LogP) is 1.39. The van der Waals surface area contributed by atoms with Gasteiger partial charge in [0.15, 0.2) is 18.9 Å². The molecular formula is C22H21N2O6S+. The Morgan fingerprint density at radius 3 is 2.48 bits per heavy atom. The number of amides is 1. The summed E-state index contributed by atoms with van der Waals surface area (Å²) in [6, 6.07) is 12.8. The summed E-state index contributed by atoms with van der Waals surface area (Å²) in [5.41, 5.74) is 1.19. The number of thioether (sulfide) groups is 1. The number of aliphatic hydroxyl groups excluding tert-OH is 1. The third kappa shape index (κ3) is 4.06. The van der Waals surface area contributed by atoms with Crippen molar-refractivity contribution < 1.29 is 33.9 Å². The van der Waals surface area contributed by atoms with Gasteiger partial charge in [0.2, 0.25) is 5.91 Å². The number of aliphatic carboxylic acids is 1. The number of hydrogen-bond donors (Lipinski definition) is 2. The highest BCUT2D eigenvalue weighted by molar-refractivity contribution is 8.04. The first kappa shape index (κ1) is 21.1. The number of carboxylic acid groups (broad SMARTS) is 1. The number of hydrogen-bond acceptors (Lipinski definition) is 6. The first-order valence-electron chi connectivity index (χ1n) is 9.71. The molecule has 1 amide bonds. The second-order valence-corrected chi connectivity index (χ2v) is 8.59. The van der Waals surface area contributed by atoms with E-state index in [1.807, 2.05) is 47.3 Å². The maximum absolute atomic E-state index is 12.4. The first-order valence-corrected chi connectivity index (χ1v) is 10.6. The molecule has 0 bridgehead atoms. The number of pyridine rings is 1. The predicted molar refractivity (Wildman–Crippen MR) is 111 cm³/mol. The monoisotopic (exact) mass is 441 g/mol. The molecule has 1 aromatic carbocycles. The van der Waals surface area contributed by atoms with E-state index in [0.29, 0.717) is 17.0 Å². The molecule has 0 saturated carbocycles. The van der Waals surface area contributed by atoms with E-state index >= 15 is 0 Å². The smallest absolute Gasteiger partial charge is 0.353 e. The Hall–Kier alpha value is -3.17. The molecule has 8 nitrogen and oxygen atoms in total. The van der Waals surface area contributed by atoms with Crippen molar-refractivity contribution in [2.75, 3.05) is 6.61 Å². The van der Waals surface area contributed by atoms with Crippen LogP contribution in [0.4, 0.5) is 0 Å². The van der Waals surface area contributed by atoms with Crippen molar-refractivity contribution in [1.82, 2.24) is 4.90 Å². The van der Waals surface area contributed by atoms with Crippen LogP contribution in [0, 0.1) is 5.92 Å². The zero-order valence-corrected chi connectivity index (χ0v) is 17.5. The topological polar surface area (TPSA) is 108 Å². The van der Waals surface area contributed by atoms with Crippen molar-refractivity contribution in [2.45, 2.75) is 24.9 Å². The SMILES string of the molecule is C[C@@H](O)[C@H]1C(=O)N2C(C(=O)O)=C(COC(=O)c3ccc(C[n+]4ccccc4)cc3)S[C@H]12. The summed E-state index contributed by atoms with van der Waals surface area (Å²) in [5, 5.41) is 18.8. The van der Waals surface area contributed by atoms with Gasteiger partial charge >= 0.3 is 11.9 Å². The molecule has 0 spiro atoms. The number of aliphatic hydroxyl groups is 1. The van der Waals surface area contributed by atoms with Gasteiger partial charge in [-0.1, -0.05) is 30.0 Å². The average molecular weight is 441 g/mol. The number of nitrogens with zero attached hydrogens (tertiary/aromatic N) is 2. The minimum absolute atomic E-state index is 0.181. The summed E-state index contributed by atoms with van der Waals surface area (Å²) in [4.78, 5) is 37.8. The third-order valence-corrected chi connectivity index (χ3v) is 6.58. The van der Waals surface area contributed by atoms with Crippen LogP contribution in [0.3, 0.4) is 0 Å². The Labute approximate surface area is 182 Å². The molecule has 1 aromatic heterocycles. The quantitative estimate of drug-likeness (QED) is 0.380. The molecule has 1 fully saturated rings. The van der Waals surface area contributed by atoms with Gasteiger partial charge in [0.25, 0.3) is 0 Å². The van der Waals surface area contributed by atoms with Crippen molar-refractivity contribution in [3.8, 4) is 0 Å². The third-order valence-electron chi connectivity index (χ3n) is 5.24. The van der Waals surface area contributed by atoms with Crippen LogP contribution in [0.5, 0.6) is 0 Å². The lowest BCUT2D eigenvalue weighted by molar-refractivity contribution is -0.688. The molecule has 9 heteroatoms. The Bertz CT molecular complexity index is 1050. The number of aromatic nitrogens is 1. The lowest BCUT2D eigenvalue weighted by Crippen LogP contribution is -2.60. The molecule has 1 saturated heterocycles. The maximum atomic E-state index is 12.4. The summed E-state index contributed by atoms with van der Waals surface area (Å²) >= 11 is 1.14. The van der Waals surface area contributed by atoms with Gasteiger partial charge < -0.3 is 14.9 Å². The van der Waals surface area contributed by atoms with Crippen LogP contribution in [0.15, 0.2) is 65.5 Å². The molecule has 3 atom stereocenters. The van der Waals surface area contributed by atoms with Gasteiger partial charge in [0, 0.05) is 17.7 Å². The number of benzene rings is 1. The average Bonchev–Trinajstić information content (AvgIpc) is 3.07. The molecule has 0 radical (unpaired) electrons. The van der Waals surface area contributed by atoms with Crippen LogP contribution in [-0.2, 0) is 20.9 Å². The van der Waals surface area contributed by atoms with Crippen LogP contribution in [0.25, 0.3) is 0 Å². The van der Waals surface area contributed by atoms with Gasteiger partial charge in [-0.05, 0) is 19.1 Å². The first-order chi connectivity index (χ1) is 14.9. The van der Waals surface area contributed by atoms with Gasteiger partial charge in [-0.2, -0.15) is 0 Å². The minimum atomic E-state index is -1.26. The van der Waals surface area contributed by atoms with Crippen LogP contribution in [0.2, 0.25) is 0 Å². The van der Waals surface area contributed by atoms with Crippen molar-refractivity contribution >= 4 is 29.6 Å². The number of β-lactam (4-membered cyclic amide) rings is 1. The number of carbonyl (C=O) groups excluding carboxylic acids is 2. The highest BCUT2D eigenvalue weighted by atomic mass is 32.2. The van der Waals surface area contributed by atoms with Crippen molar-refractivity contribution in [3.05, 3.63) is 76.6 Å². The normalized spacial score (nSPS) is 20.8. The molecule has 31 heavy (non-hydrogen) atoms. The number of ether oxygens (including phenoxy) is 1. The Morgan fingerprint density at radius 2 is 1.87 bits per heavy atom. The van der Waals surface area contributed by atoms with E-state index in [4.69, 9.17) is 4.74 Å². The van der Waals surface area contributed by atoms with E-state index < -0.39 is 35.2 Å². The maximum Gasteiger partial charge on any atom is 0.353 e. The molecule has 2 aliphatic heterocycles. The molecule has 160 valence electrons. The molecular weight excluding hydrogens is 420 g/mol. The molecule has 0 aliphatic carbocycles. The van der Waals surface area contributed by atoms with Crippen molar-refractivity contribution in [1.29, 1.82) is 0 Å². The van der Waals surface area contributed by atoms with Gasteiger partial charge in [0.05, 0.1) is 22.5 Å². The van der Waals surface area contributed by atoms with E-state index in [1.165, 1.54) is 6.92 Å². The standard InChI is InChI=1S/C22H20N2O6S/c1-13(25)17-19(26)24-18(21(27)28)16(31-20(17)24)12-30-22(29)15-7-5-14(6-8-15)11-23-9-3-2-4-10-23/h2-10,13,17,20,25H,11-12H2,1H3/p+1/t13-,17+,20-/m1/s1. The number of carboxylic acids is 1. The van der Waals surface area contributed by atoms with Gasteiger partial charge in [-0.15, -0.1) is 0 Å². The fraction of sp³-hybridized carbons (Fsp3) is 0.273. The molecule has 2 aliphatic rings. The highest BCUT2D eigenvalue weighted by Crippen LogP contribution is 2.50. The van der Waals surface area contributed by atoms with E-state index in [1.54, 1.807) is 12.1 Å². The van der Waals surface area contributed by atoms with Crippen LogP contribution < -0.4 is 4.57 Å². The minimum Gasteiger partial charge on any atom is -0.477 e. The molecule has 2 N–H and O–H groups in total. The summed E-state index contributed by atoms with van der Waals surface area (Å²) in [6.07, 6.45) is 3.02. The van der Waals surface area contributed by atoms with Crippen LogP contribution in [0.1, 0.15) is 22.8 Å². The molecule has 2 aromatic rings. The summed E-state index contributed by atoms with van der Waals surface area (Å²) in [7, 11) is 0. The highest BCUT2D eigenvalue weighted by Gasteiger charge is 2.57. The Balaban J connectivity index is 1.40. The number of fused-ring (bicyclic) bond motifs is 1. The summed E-state index contributed by atoms with van der Waals surface area (Å²) < 4.78 is 7.33. The lowest BCUT2D eigenvalue weighted by atomic mass is 9.92. The fourth-order valence-electron chi connectivity index (χ4n) is 3.67. The second kappa shape index (κ2) is 8.52. The molecule has 0 unspecified atom stereocenters. The van der Waals surface area contributed by atoms with Crippen molar-refractivity contribution in [2.24, 2.45) is 5.92 Å². The molecule has 3 heterocycles. The van der Waals surface area contributed by atoms with Gasteiger partial charge in [-0.25, -0.2) is 14.2 Å². The van der Waals surface area contributed by atoms with Crippen LogP contribution in [-0.4, -0.2) is 51.0 Å². The lowest BCUT2D eigenvalue weighted by Gasteiger charge is -2.43. The van der Waals surface area contributed by atoms with E-state index in [9.17, 15) is 24.6 Å². The van der Waals surface area contributed by atoms with Gasteiger partial charge in [0.1, 0.15) is 17.7 Å². The Morgan fingerprint density at radius 1 is 1.19 bits per heavy atom. The number of rotatable bonds is 7. The van der Waals surface area contributed by atoms with E-state index in [2.05, 4.69) is 0 Å². The van der Waals surface area contributed by atoms with Crippen LogP contribution >= 0.6 is 11.8 Å². The van der Waals surface area contributed by atoms with Crippen molar-refractivity contribution in [3.63, 3.8) is 0 Å². The zero-order valence-electron chi connectivity index (χ0n) is 16.7.